The quantitative estimate of drug-likeness (QED) is 0.447. The third-order valence-corrected chi connectivity index (χ3v) is 0.295. The van der Waals surface area contributed by atoms with Crippen molar-refractivity contribution in [1.29, 1.82) is 0 Å². The molecule has 0 atom stereocenters. The SMILES string of the molecule is C=CN/N=C\C.CCC. The predicted octanol–water partition coefficient (Wildman–Crippen LogP) is 2.14. The Balaban J connectivity index is 0. The van der Waals surface area contributed by atoms with Crippen LogP contribution in [0.15, 0.2) is 17.9 Å². The minimum Gasteiger partial charge on any atom is -0.287 e. The van der Waals surface area contributed by atoms with Crippen LogP contribution in [0, 0.1) is 0 Å². The van der Waals surface area contributed by atoms with Crippen molar-refractivity contribution in [3.05, 3.63) is 12.8 Å². The molecule has 0 unspecified atom stereocenters. The lowest BCUT2D eigenvalue weighted by molar-refractivity contribution is 0.978. The van der Waals surface area contributed by atoms with E-state index in [0.29, 0.717) is 0 Å². The molecule has 0 aromatic rings. The van der Waals surface area contributed by atoms with E-state index in [0.717, 1.165) is 0 Å². The number of rotatable bonds is 2. The summed E-state index contributed by atoms with van der Waals surface area (Å²) in [6.45, 7) is 9.45. The molecule has 0 bridgehead atoms. The average molecular weight is 128 g/mol. The molecule has 0 amide bonds. The molecule has 54 valence electrons. The van der Waals surface area contributed by atoms with E-state index in [1.165, 1.54) is 12.6 Å². The first-order valence-corrected chi connectivity index (χ1v) is 3.17. The van der Waals surface area contributed by atoms with Gasteiger partial charge in [-0.05, 0) is 6.92 Å². The van der Waals surface area contributed by atoms with Gasteiger partial charge in [-0.3, -0.25) is 5.43 Å². The molecule has 0 heterocycles. The lowest BCUT2D eigenvalue weighted by Gasteiger charge is -1.79. The van der Waals surface area contributed by atoms with Crippen LogP contribution in [0.25, 0.3) is 0 Å². The van der Waals surface area contributed by atoms with Gasteiger partial charge in [-0.25, -0.2) is 0 Å². The number of hydrogen-bond donors (Lipinski definition) is 1. The predicted molar refractivity (Wildman–Crippen MR) is 43.5 cm³/mol. The van der Waals surface area contributed by atoms with E-state index in [-0.39, 0.29) is 0 Å². The third kappa shape index (κ3) is 40.1. The van der Waals surface area contributed by atoms with E-state index in [2.05, 4.69) is 31.0 Å². The fourth-order valence-electron chi connectivity index (χ4n) is 0.127. The summed E-state index contributed by atoms with van der Waals surface area (Å²) in [5.41, 5.74) is 2.53. The molecule has 0 saturated carbocycles. The second kappa shape index (κ2) is 15.7. The summed E-state index contributed by atoms with van der Waals surface area (Å²) < 4.78 is 0. The number of hydrogen-bond acceptors (Lipinski definition) is 2. The first kappa shape index (κ1) is 11.1. The Kier molecular flexibility index (Phi) is 19.3. The van der Waals surface area contributed by atoms with Gasteiger partial charge in [-0.2, -0.15) is 5.10 Å². The third-order valence-electron chi connectivity index (χ3n) is 0.295. The fraction of sp³-hybridized carbons (Fsp3) is 0.571. The second-order valence-electron chi connectivity index (χ2n) is 1.43. The summed E-state index contributed by atoms with van der Waals surface area (Å²) in [5, 5.41) is 3.60. The van der Waals surface area contributed by atoms with Crippen LogP contribution in [0.3, 0.4) is 0 Å². The van der Waals surface area contributed by atoms with Crippen LogP contribution in [0.5, 0.6) is 0 Å². The van der Waals surface area contributed by atoms with Crippen molar-refractivity contribution in [2.45, 2.75) is 27.2 Å². The molecule has 0 fully saturated rings. The maximum Gasteiger partial charge on any atom is 0.0215 e. The number of hydrazone groups is 1. The Morgan fingerprint density at radius 3 is 2.11 bits per heavy atom. The molecule has 0 rings (SSSR count). The van der Waals surface area contributed by atoms with Crippen LogP contribution in [-0.2, 0) is 0 Å². The second-order valence-corrected chi connectivity index (χ2v) is 1.43. The van der Waals surface area contributed by atoms with Gasteiger partial charge < -0.3 is 0 Å². The zero-order valence-electron chi connectivity index (χ0n) is 6.52. The zero-order chi connectivity index (χ0) is 7.54. The molecule has 0 radical (unpaired) electrons. The van der Waals surface area contributed by atoms with Gasteiger partial charge in [0.15, 0.2) is 0 Å². The van der Waals surface area contributed by atoms with Gasteiger partial charge in [0.1, 0.15) is 0 Å². The van der Waals surface area contributed by atoms with Crippen LogP contribution in [-0.4, -0.2) is 6.21 Å². The van der Waals surface area contributed by atoms with Gasteiger partial charge in [0.25, 0.3) is 0 Å². The normalized spacial score (nSPS) is 7.89. The highest BCUT2D eigenvalue weighted by Gasteiger charge is 1.50. The van der Waals surface area contributed by atoms with Gasteiger partial charge in [-0.1, -0.05) is 26.8 Å². The molecule has 0 saturated heterocycles. The van der Waals surface area contributed by atoms with Crippen molar-refractivity contribution in [3.63, 3.8) is 0 Å². The van der Waals surface area contributed by atoms with E-state index >= 15 is 0 Å². The highest BCUT2D eigenvalue weighted by molar-refractivity contribution is 5.52. The molecule has 0 spiro atoms. The molecule has 9 heavy (non-hydrogen) atoms. The molecule has 0 aliphatic rings. The summed E-state index contributed by atoms with van der Waals surface area (Å²) in [7, 11) is 0. The minimum absolute atomic E-state index is 1.25. The van der Waals surface area contributed by atoms with Crippen molar-refractivity contribution in [3.8, 4) is 0 Å². The zero-order valence-corrected chi connectivity index (χ0v) is 6.52. The molecular weight excluding hydrogens is 112 g/mol. The van der Waals surface area contributed by atoms with Gasteiger partial charge in [0, 0.05) is 12.4 Å². The van der Waals surface area contributed by atoms with Crippen molar-refractivity contribution < 1.29 is 0 Å². The van der Waals surface area contributed by atoms with Crippen molar-refractivity contribution in [2.75, 3.05) is 0 Å². The summed E-state index contributed by atoms with van der Waals surface area (Å²) in [4.78, 5) is 0. The first-order chi connectivity index (χ1) is 4.33. The van der Waals surface area contributed by atoms with E-state index in [4.69, 9.17) is 0 Å². The molecule has 0 aromatic carbocycles. The van der Waals surface area contributed by atoms with E-state index in [1.54, 1.807) is 6.21 Å². The molecule has 0 aromatic heterocycles. The Morgan fingerprint density at radius 2 is 2.00 bits per heavy atom. The topological polar surface area (TPSA) is 24.4 Å². The van der Waals surface area contributed by atoms with Crippen LogP contribution >= 0.6 is 0 Å². The number of nitrogens with zero attached hydrogens (tertiary/aromatic N) is 1. The standard InChI is InChI=1S/C4H8N2.C3H8/c1-3-5-6-4-2;1-3-2/h3-5H,1H2,2H3;3H2,1-2H3/b6-4-;. The van der Waals surface area contributed by atoms with Gasteiger partial charge in [0.05, 0.1) is 0 Å². The average Bonchev–Trinajstić information content (AvgIpc) is 1.86. The Labute approximate surface area is 57.7 Å². The summed E-state index contributed by atoms with van der Waals surface area (Å²) in [6.07, 6.45) is 4.42. The first-order valence-electron chi connectivity index (χ1n) is 3.17. The molecule has 2 heteroatoms. The maximum atomic E-state index is 3.60. The summed E-state index contributed by atoms with van der Waals surface area (Å²) in [6, 6.07) is 0. The van der Waals surface area contributed by atoms with Gasteiger partial charge >= 0.3 is 0 Å². The highest BCUT2D eigenvalue weighted by atomic mass is 15.3. The van der Waals surface area contributed by atoms with Crippen molar-refractivity contribution in [2.24, 2.45) is 5.10 Å². The Bertz CT molecular complexity index is 67.3. The van der Waals surface area contributed by atoms with Crippen LogP contribution < -0.4 is 5.43 Å². The molecule has 0 aliphatic carbocycles. The van der Waals surface area contributed by atoms with E-state index in [9.17, 15) is 0 Å². The molecular formula is C7H16N2. The monoisotopic (exact) mass is 128 g/mol. The fourth-order valence-corrected chi connectivity index (χ4v) is 0.127. The summed E-state index contributed by atoms with van der Waals surface area (Å²) >= 11 is 0. The van der Waals surface area contributed by atoms with Crippen LogP contribution in [0.2, 0.25) is 0 Å². The molecule has 2 nitrogen and oxygen atoms in total. The summed E-state index contributed by atoms with van der Waals surface area (Å²) in [5.74, 6) is 0. The molecule has 0 aliphatic heterocycles. The van der Waals surface area contributed by atoms with Crippen LogP contribution in [0.1, 0.15) is 27.2 Å². The lowest BCUT2D eigenvalue weighted by Crippen LogP contribution is -1.88. The van der Waals surface area contributed by atoms with Crippen molar-refractivity contribution >= 4 is 6.21 Å². The highest BCUT2D eigenvalue weighted by Crippen LogP contribution is 1.56. The van der Waals surface area contributed by atoms with E-state index in [1.807, 2.05) is 6.92 Å². The van der Waals surface area contributed by atoms with E-state index < -0.39 is 0 Å². The smallest absolute Gasteiger partial charge is 0.0215 e. The minimum atomic E-state index is 1.25. The maximum absolute atomic E-state index is 3.60. The Hall–Kier alpha value is -0.790. The number of nitrogens with one attached hydrogen (secondary N) is 1. The van der Waals surface area contributed by atoms with Gasteiger partial charge in [0.2, 0.25) is 0 Å². The van der Waals surface area contributed by atoms with Crippen LogP contribution in [0.4, 0.5) is 0 Å². The van der Waals surface area contributed by atoms with Crippen molar-refractivity contribution in [1.82, 2.24) is 5.43 Å². The largest absolute Gasteiger partial charge is 0.287 e. The lowest BCUT2D eigenvalue weighted by atomic mass is 10.6. The van der Waals surface area contributed by atoms with Gasteiger partial charge in [-0.15, -0.1) is 0 Å². The molecule has 1 N–H and O–H groups in total. The Morgan fingerprint density at radius 1 is 1.56 bits per heavy atom.